The van der Waals surface area contributed by atoms with Crippen molar-refractivity contribution in [2.24, 2.45) is 0 Å². The van der Waals surface area contributed by atoms with Gasteiger partial charge in [-0.1, -0.05) is 0 Å². The van der Waals surface area contributed by atoms with Crippen molar-refractivity contribution in [3.63, 3.8) is 0 Å². The van der Waals surface area contributed by atoms with Gasteiger partial charge in [0.25, 0.3) is 5.91 Å². The van der Waals surface area contributed by atoms with Crippen LogP contribution in [0.5, 0.6) is 0 Å². The van der Waals surface area contributed by atoms with Crippen LogP contribution in [-0.2, 0) is 6.54 Å². The number of aromatic nitrogens is 1. The van der Waals surface area contributed by atoms with Crippen molar-refractivity contribution in [3.8, 4) is 0 Å². The van der Waals surface area contributed by atoms with E-state index in [1.165, 1.54) is 0 Å². The zero-order valence-corrected chi connectivity index (χ0v) is 12.2. The maximum atomic E-state index is 12.0. The van der Waals surface area contributed by atoms with Crippen LogP contribution < -0.4 is 5.32 Å². The number of halogens is 1. The Morgan fingerprint density at radius 1 is 1.69 bits per heavy atom. The van der Waals surface area contributed by atoms with Gasteiger partial charge in [0.2, 0.25) is 0 Å². The molecule has 16 heavy (non-hydrogen) atoms. The summed E-state index contributed by atoms with van der Waals surface area (Å²) >= 11 is 5.12. The normalized spacial score (nSPS) is 12.5. The molecular formula is C11H17BrN2OS. The van der Waals surface area contributed by atoms with E-state index in [0.717, 1.165) is 16.8 Å². The summed E-state index contributed by atoms with van der Waals surface area (Å²) in [5.74, 6) is 0.925. The number of carbonyl (C=O) groups is 1. The molecular weight excluding hydrogens is 288 g/mol. The van der Waals surface area contributed by atoms with Gasteiger partial charge in [0.05, 0.1) is 0 Å². The molecule has 1 rings (SSSR count). The van der Waals surface area contributed by atoms with E-state index in [-0.39, 0.29) is 11.9 Å². The summed E-state index contributed by atoms with van der Waals surface area (Å²) in [6, 6.07) is 2.05. The largest absolute Gasteiger partial charge is 0.347 e. The first-order valence-electron chi connectivity index (χ1n) is 5.24. The molecule has 1 unspecified atom stereocenters. The van der Waals surface area contributed by atoms with Crippen molar-refractivity contribution >= 4 is 33.6 Å². The fourth-order valence-electron chi connectivity index (χ4n) is 1.52. The molecule has 1 aromatic heterocycles. The summed E-state index contributed by atoms with van der Waals surface area (Å²) in [7, 11) is 0. The number of nitrogens with one attached hydrogen (secondary N) is 1. The fraction of sp³-hybridized carbons (Fsp3) is 0.545. The van der Waals surface area contributed by atoms with Gasteiger partial charge in [-0.25, -0.2) is 0 Å². The molecule has 3 nitrogen and oxygen atoms in total. The second-order valence-corrected chi connectivity index (χ2v) is 5.49. The second kappa shape index (κ2) is 6.35. The molecule has 0 spiro atoms. The molecule has 90 valence electrons. The Bertz CT molecular complexity index is 365. The summed E-state index contributed by atoms with van der Waals surface area (Å²) < 4.78 is 2.88. The van der Waals surface area contributed by atoms with Crippen LogP contribution in [0, 0.1) is 0 Å². The van der Waals surface area contributed by atoms with Crippen LogP contribution in [-0.4, -0.2) is 28.5 Å². The van der Waals surface area contributed by atoms with Crippen molar-refractivity contribution in [1.29, 1.82) is 0 Å². The summed E-state index contributed by atoms with van der Waals surface area (Å²) in [6.45, 7) is 4.84. The van der Waals surface area contributed by atoms with Crippen molar-refractivity contribution < 1.29 is 4.79 Å². The fourth-order valence-corrected chi connectivity index (χ4v) is 2.56. The third-order valence-corrected chi connectivity index (χ3v) is 3.50. The quantitative estimate of drug-likeness (QED) is 0.907. The number of aryl methyl sites for hydroxylation is 1. The summed E-state index contributed by atoms with van der Waals surface area (Å²) in [6.07, 6.45) is 3.96. The Labute approximate surface area is 109 Å². The molecule has 0 saturated heterocycles. The van der Waals surface area contributed by atoms with E-state index in [1.807, 2.05) is 36.9 Å². The van der Waals surface area contributed by atoms with Crippen molar-refractivity contribution in [2.45, 2.75) is 26.4 Å². The van der Waals surface area contributed by atoms with E-state index >= 15 is 0 Å². The number of thioether (sulfide) groups is 1. The van der Waals surface area contributed by atoms with E-state index in [1.54, 1.807) is 11.8 Å². The number of carbonyl (C=O) groups excluding carboxylic acids is 1. The topological polar surface area (TPSA) is 34.0 Å². The Kier molecular flexibility index (Phi) is 5.41. The highest BCUT2D eigenvalue weighted by atomic mass is 79.9. The van der Waals surface area contributed by atoms with Gasteiger partial charge in [-0.05, 0) is 42.1 Å². The molecule has 0 fully saturated rings. The van der Waals surface area contributed by atoms with Crippen molar-refractivity contribution in [2.75, 3.05) is 12.0 Å². The zero-order valence-electron chi connectivity index (χ0n) is 9.79. The molecule has 0 aliphatic carbocycles. The lowest BCUT2D eigenvalue weighted by Crippen LogP contribution is -2.35. The van der Waals surface area contributed by atoms with Gasteiger partial charge in [0.1, 0.15) is 5.69 Å². The van der Waals surface area contributed by atoms with Crippen LogP contribution in [0.1, 0.15) is 24.3 Å². The van der Waals surface area contributed by atoms with Gasteiger partial charge in [-0.3, -0.25) is 4.79 Å². The molecule has 5 heteroatoms. The lowest BCUT2D eigenvalue weighted by molar-refractivity contribution is 0.0934. The minimum Gasteiger partial charge on any atom is -0.347 e. The average molecular weight is 305 g/mol. The van der Waals surface area contributed by atoms with Crippen LogP contribution in [0.2, 0.25) is 0 Å². The van der Waals surface area contributed by atoms with Crippen molar-refractivity contribution in [3.05, 3.63) is 22.4 Å². The first kappa shape index (κ1) is 13.6. The predicted molar refractivity (Wildman–Crippen MR) is 73.1 cm³/mol. The lowest BCUT2D eigenvalue weighted by Gasteiger charge is -2.13. The van der Waals surface area contributed by atoms with Gasteiger partial charge in [-0.2, -0.15) is 11.8 Å². The predicted octanol–water partition coefficient (Wildman–Crippen LogP) is 2.75. The van der Waals surface area contributed by atoms with E-state index in [9.17, 15) is 4.79 Å². The SMILES string of the molecule is CCn1cc(Br)cc1C(=O)NC(C)CSC. The minimum atomic E-state index is -0.00546. The van der Waals surface area contributed by atoms with Crippen molar-refractivity contribution in [1.82, 2.24) is 9.88 Å². The minimum absolute atomic E-state index is 0.00546. The standard InChI is InChI=1S/C11H17BrN2OS/c1-4-14-6-9(12)5-10(14)11(15)13-8(2)7-16-3/h5-6,8H,4,7H2,1-3H3,(H,13,15). The lowest BCUT2D eigenvalue weighted by atomic mass is 10.3. The first-order chi connectivity index (χ1) is 7.58. The van der Waals surface area contributed by atoms with Gasteiger partial charge >= 0.3 is 0 Å². The smallest absolute Gasteiger partial charge is 0.268 e. The Hall–Kier alpha value is -0.420. The second-order valence-electron chi connectivity index (χ2n) is 3.66. The molecule has 1 heterocycles. The highest BCUT2D eigenvalue weighted by Crippen LogP contribution is 2.15. The van der Waals surface area contributed by atoms with E-state index in [4.69, 9.17) is 0 Å². The number of amides is 1. The number of hydrogen-bond donors (Lipinski definition) is 1. The van der Waals surface area contributed by atoms with Gasteiger partial charge in [0, 0.05) is 29.0 Å². The Morgan fingerprint density at radius 3 is 2.94 bits per heavy atom. The Balaban J connectivity index is 2.72. The van der Waals surface area contributed by atoms with Crippen LogP contribution in [0.25, 0.3) is 0 Å². The monoisotopic (exact) mass is 304 g/mol. The van der Waals surface area contributed by atoms with Crippen LogP contribution in [0.15, 0.2) is 16.7 Å². The summed E-state index contributed by atoms with van der Waals surface area (Å²) in [4.78, 5) is 12.0. The van der Waals surface area contributed by atoms with Crippen LogP contribution >= 0.6 is 27.7 Å². The highest BCUT2D eigenvalue weighted by molar-refractivity contribution is 9.10. The molecule has 0 bridgehead atoms. The van der Waals surface area contributed by atoms with Gasteiger partial charge in [0.15, 0.2) is 0 Å². The third kappa shape index (κ3) is 3.56. The number of rotatable bonds is 5. The maximum Gasteiger partial charge on any atom is 0.268 e. The molecule has 0 aliphatic rings. The van der Waals surface area contributed by atoms with E-state index < -0.39 is 0 Å². The molecule has 1 aromatic rings. The van der Waals surface area contributed by atoms with Crippen LogP contribution in [0.4, 0.5) is 0 Å². The molecule has 1 amide bonds. The third-order valence-electron chi connectivity index (χ3n) is 2.23. The number of nitrogens with zero attached hydrogens (tertiary/aromatic N) is 1. The first-order valence-corrected chi connectivity index (χ1v) is 7.42. The summed E-state index contributed by atoms with van der Waals surface area (Å²) in [5.41, 5.74) is 0.710. The summed E-state index contributed by atoms with van der Waals surface area (Å²) in [5, 5.41) is 2.98. The van der Waals surface area contributed by atoms with E-state index in [2.05, 4.69) is 21.2 Å². The van der Waals surface area contributed by atoms with Gasteiger partial charge < -0.3 is 9.88 Å². The Morgan fingerprint density at radius 2 is 2.38 bits per heavy atom. The number of hydrogen-bond acceptors (Lipinski definition) is 2. The molecule has 0 radical (unpaired) electrons. The molecule has 0 aliphatic heterocycles. The average Bonchev–Trinajstić information content (AvgIpc) is 2.59. The maximum absolute atomic E-state index is 12.0. The molecule has 0 saturated carbocycles. The molecule has 1 atom stereocenters. The van der Waals surface area contributed by atoms with E-state index in [0.29, 0.717) is 5.69 Å². The zero-order chi connectivity index (χ0) is 12.1. The molecule has 0 aromatic carbocycles. The molecule has 1 N–H and O–H groups in total. The van der Waals surface area contributed by atoms with Crippen LogP contribution in [0.3, 0.4) is 0 Å². The highest BCUT2D eigenvalue weighted by Gasteiger charge is 2.14. The van der Waals surface area contributed by atoms with Gasteiger partial charge in [-0.15, -0.1) is 0 Å².